The second-order valence-electron chi connectivity index (χ2n) is 6.08. The van der Waals surface area contributed by atoms with Crippen molar-refractivity contribution < 1.29 is 19.4 Å². The first-order valence-corrected chi connectivity index (χ1v) is 8.96. The van der Waals surface area contributed by atoms with Crippen LogP contribution in [0.5, 0.6) is 5.75 Å². The van der Waals surface area contributed by atoms with Crippen molar-refractivity contribution in [1.29, 1.82) is 0 Å². The first kappa shape index (κ1) is 19.5. The predicted molar refractivity (Wildman–Crippen MR) is 107 cm³/mol. The van der Waals surface area contributed by atoms with E-state index in [1.807, 2.05) is 42.5 Å². The Balaban J connectivity index is 1.69. The quantitative estimate of drug-likeness (QED) is 0.624. The van der Waals surface area contributed by atoms with Crippen molar-refractivity contribution in [2.24, 2.45) is 0 Å². The minimum absolute atomic E-state index is 0.156. The fourth-order valence-corrected chi connectivity index (χ4v) is 2.83. The molecular formula is C22H18ClNO4. The van der Waals surface area contributed by atoms with Gasteiger partial charge in [0.1, 0.15) is 5.75 Å². The highest BCUT2D eigenvalue weighted by Crippen LogP contribution is 2.23. The van der Waals surface area contributed by atoms with Crippen LogP contribution >= 0.6 is 11.6 Å². The molecule has 142 valence electrons. The van der Waals surface area contributed by atoms with Crippen molar-refractivity contribution in [1.82, 2.24) is 5.32 Å². The van der Waals surface area contributed by atoms with E-state index in [4.69, 9.17) is 21.4 Å². The van der Waals surface area contributed by atoms with Crippen molar-refractivity contribution in [3.63, 3.8) is 0 Å². The van der Waals surface area contributed by atoms with E-state index in [2.05, 4.69) is 5.32 Å². The van der Waals surface area contributed by atoms with Crippen LogP contribution in [0.1, 0.15) is 27.5 Å². The third kappa shape index (κ3) is 5.11. The van der Waals surface area contributed by atoms with Gasteiger partial charge in [-0.25, -0.2) is 4.79 Å². The zero-order valence-corrected chi connectivity index (χ0v) is 15.6. The number of rotatable bonds is 7. The van der Waals surface area contributed by atoms with Gasteiger partial charge in [0.15, 0.2) is 6.61 Å². The van der Waals surface area contributed by atoms with Crippen molar-refractivity contribution in [2.45, 2.75) is 6.04 Å². The number of hydrogen-bond acceptors (Lipinski definition) is 3. The number of nitrogens with one attached hydrogen (secondary N) is 1. The van der Waals surface area contributed by atoms with Crippen LogP contribution in [0.15, 0.2) is 78.9 Å². The van der Waals surface area contributed by atoms with Crippen molar-refractivity contribution >= 4 is 23.5 Å². The molecule has 0 heterocycles. The van der Waals surface area contributed by atoms with E-state index >= 15 is 0 Å². The number of carbonyl (C=O) groups is 2. The van der Waals surface area contributed by atoms with Crippen LogP contribution in [0.3, 0.4) is 0 Å². The molecule has 0 saturated carbocycles. The Bertz CT molecular complexity index is 941. The van der Waals surface area contributed by atoms with Crippen LogP contribution in [0, 0.1) is 0 Å². The molecule has 6 heteroatoms. The fraction of sp³-hybridized carbons (Fsp3) is 0.0909. The number of carbonyl (C=O) groups excluding carboxylic acids is 1. The second-order valence-corrected chi connectivity index (χ2v) is 6.52. The van der Waals surface area contributed by atoms with E-state index in [1.165, 1.54) is 24.3 Å². The molecule has 5 nitrogen and oxygen atoms in total. The van der Waals surface area contributed by atoms with Gasteiger partial charge in [-0.2, -0.15) is 0 Å². The molecule has 3 aromatic carbocycles. The van der Waals surface area contributed by atoms with Gasteiger partial charge in [0.25, 0.3) is 5.91 Å². The third-order valence-corrected chi connectivity index (χ3v) is 4.36. The molecule has 0 bridgehead atoms. The van der Waals surface area contributed by atoms with E-state index in [0.717, 1.165) is 11.1 Å². The normalized spacial score (nSPS) is 11.5. The maximum absolute atomic E-state index is 12.5. The summed E-state index contributed by atoms with van der Waals surface area (Å²) in [6.07, 6.45) is 0. The minimum atomic E-state index is -1.02. The number of aromatic carboxylic acids is 1. The molecular weight excluding hydrogens is 378 g/mol. The Labute approximate surface area is 167 Å². The molecule has 3 rings (SSSR count). The first-order chi connectivity index (χ1) is 13.5. The number of carboxylic acid groups (broad SMARTS) is 1. The number of amides is 1. The van der Waals surface area contributed by atoms with Crippen molar-refractivity contribution in [3.05, 3.63) is 101 Å². The van der Waals surface area contributed by atoms with E-state index in [-0.39, 0.29) is 24.1 Å². The van der Waals surface area contributed by atoms with Gasteiger partial charge in [-0.3, -0.25) is 4.79 Å². The summed E-state index contributed by atoms with van der Waals surface area (Å²) in [7, 11) is 0. The van der Waals surface area contributed by atoms with Gasteiger partial charge in [-0.05, 0) is 47.5 Å². The van der Waals surface area contributed by atoms with E-state index < -0.39 is 5.97 Å². The summed E-state index contributed by atoms with van der Waals surface area (Å²) < 4.78 is 5.47. The molecule has 1 amide bonds. The number of carboxylic acids is 1. The molecule has 1 atom stereocenters. The number of hydrogen-bond donors (Lipinski definition) is 2. The Morgan fingerprint density at radius 1 is 0.893 bits per heavy atom. The third-order valence-electron chi connectivity index (χ3n) is 4.11. The van der Waals surface area contributed by atoms with Crippen LogP contribution in [-0.4, -0.2) is 23.6 Å². The van der Waals surface area contributed by atoms with Crippen LogP contribution in [0.25, 0.3) is 0 Å². The molecule has 0 aliphatic rings. The second kappa shape index (κ2) is 9.06. The van der Waals surface area contributed by atoms with Crippen LogP contribution in [0.2, 0.25) is 5.02 Å². The number of benzene rings is 3. The van der Waals surface area contributed by atoms with Crippen LogP contribution < -0.4 is 10.1 Å². The topological polar surface area (TPSA) is 75.6 Å². The standard InChI is InChI=1S/C22H18ClNO4/c23-18-10-6-16(7-11-18)21(15-4-2-1-3-5-15)24-20(25)14-28-19-12-8-17(9-13-19)22(26)27/h1-13,21H,14H2,(H,24,25)(H,26,27)/t21-/m1/s1. The lowest BCUT2D eigenvalue weighted by molar-refractivity contribution is -0.123. The summed E-state index contributed by atoms with van der Waals surface area (Å²) in [5.41, 5.74) is 1.99. The SMILES string of the molecule is O=C(COc1ccc(C(=O)O)cc1)N[C@H](c1ccccc1)c1ccc(Cl)cc1. The van der Waals surface area contributed by atoms with Gasteiger partial charge in [-0.1, -0.05) is 54.1 Å². The molecule has 28 heavy (non-hydrogen) atoms. The summed E-state index contributed by atoms with van der Waals surface area (Å²) >= 11 is 5.97. The molecule has 3 aromatic rings. The van der Waals surface area contributed by atoms with Crippen LogP contribution in [-0.2, 0) is 4.79 Å². The smallest absolute Gasteiger partial charge is 0.335 e. The van der Waals surface area contributed by atoms with Gasteiger partial charge in [0.05, 0.1) is 11.6 Å². The van der Waals surface area contributed by atoms with E-state index in [1.54, 1.807) is 12.1 Å². The van der Waals surface area contributed by atoms with Crippen molar-refractivity contribution in [3.8, 4) is 5.75 Å². The average Bonchev–Trinajstić information content (AvgIpc) is 2.72. The molecule has 0 saturated heterocycles. The highest BCUT2D eigenvalue weighted by Gasteiger charge is 2.17. The largest absolute Gasteiger partial charge is 0.484 e. The first-order valence-electron chi connectivity index (χ1n) is 8.59. The molecule has 0 aliphatic carbocycles. The number of ether oxygens (including phenoxy) is 1. The van der Waals surface area contributed by atoms with Gasteiger partial charge >= 0.3 is 5.97 Å². The zero-order chi connectivity index (χ0) is 19.9. The maximum atomic E-state index is 12.5. The monoisotopic (exact) mass is 395 g/mol. The Morgan fingerprint density at radius 3 is 2.11 bits per heavy atom. The van der Waals surface area contributed by atoms with Gasteiger partial charge < -0.3 is 15.2 Å². The minimum Gasteiger partial charge on any atom is -0.484 e. The molecule has 2 N–H and O–H groups in total. The Hall–Kier alpha value is -3.31. The molecule has 0 spiro atoms. The molecule has 0 fully saturated rings. The Kier molecular flexibility index (Phi) is 6.29. The summed E-state index contributed by atoms with van der Waals surface area (Å²) in [5, 5.41) is 12.5. The summed E-state index contributed by atoms with van der Waals surface area (Å²) in [4.78, 5) is 23.3. The summed E-state index contributed by atoms with van der Waals surface area (Å²) in [6, 6.07) is 22.4. The highest BCUT2D eigenvalue weighted by atomic mass is 35.5. The lowest BCUT2D eigenvalue weighted by atomic mass is 9.99. The number of halogens is 1. The average molecular weight is 396 g/mol. The van der Waals surface area contributed by atoms with E-state index in [0.29, 0.717) is 10.8 Å². The van der Waals surface area contributed by atoms with Gasteiger partial charge in [-0.15, -0.1) is 0 Å². The molecule has 0 aromatic heterocycles. The highest BCUT2D eigenvalue weighted by molar-refractivity contribution is 6.30. The van der Waals surface area contributed by atoms with Crippen molar-refractivity contribution in [2.75, 3.05) is 6.61 Å². The zero-order valence-electron chi connectivity index (χ0n) is 14.8. The Morgan fingerprint density at radius 2 is 1.50 bits per heavy atom. The van der Waals surface area contributed by atoms with Gasteiger partial charge in [0.2, 0.25) is 0 Å². The molecule has 0 radical (unpaired) electrons. The lowest BCUT2D eigenvalue weighted by Gasteiger charge is -2.20. The van der Waals surface area contributed by atoms with Crippen LogP contribution in [0.4, 0.5) is 0 Å². The van der Waals surface area contributed by atoms with E-state index in [9.17, 15) is 9.59 Å². The lowest BCUT2D eigenvalue weighted by Crippen LogP contribution is -2.33. The maximum Gasteiger partial charge on any atom is 0.335 e. The predicted octanol–water partition coefficient (Wildman–Crippen LogP) is 4.32. The summed E-state index contributed by atoms with van der Waals surface area (Å²) in [6.45, 7) is -0.191. The fourth-order valence-electron chi connectivity index (χ4n) is 2.71. The summed E-state index contributed by atoms with van der Waals surface area (Å²) in [5.74, 6) is -0.896. The molecule has 0 aliphatic heterocycles. The molecule has 0 unspecified atom stereocenters. The van der Waals surface area contributed by atoms with Gasteiger partial charge in [0, 0.05) is 5.02 Å².